The molecule has 152 valence electrons. The third kappa shape index (κ3) is 4.48. The molecule has 1 heterocycles. The number of amides is 2. The summed E-state index contributed by atoms with van der Waals surface area (Å²) in [5, 5.41) is 1.88. The maximum atomic E-state index is 12.1. The number of carbonyl (C=O) groups excluding carboxylic acids is 1. The van der Waals surface area contributed by atoms with Gasteiger partial charge in [-0.25, -0.2) is 21.5 Å². The van der Waals surface area contributed by atoms with Crippen LogP contribution in [0.2, 0.25) is 0 Å². The van der Waals surface area contributed by atoms with E-state index in [0.29, 0.717) is 11.4 Å². The molecule has 0 aliphatic rings. The van der Waals surface area contributed by atoms with Crippen LogP contribution in [0.4, 0.5) is 10.5 Å². The second-order valence-electron chi connectivity index (χ2n) is 6.35. The largest absolute Gasteiger partial charge is 0.497 e. The Balaban J connectivity index is 1.76. The molecule has 3 rings (SSSR count). The van der Waals surface area contributed by atoms with Crippen molar-refractivity contribution in [1.29, 1.82) is 0 Å². The van der Waals surface area contributed by atoms with E-state index in [4.69, 9.17) is 25.6 Å². The van der Waals surface area contributed by atoms with Crippen LogP contribution in [0.1, 0.15) is 11.1 Å². The van der Waals surface area contributed by atoms with E-state index in [1.807, 2.05) is 37.3 Å². The van der Waals surface area contributed by atoms with Crippen LogP contribution in [-0.4, -0.2) is 30.2 Å². The monoisotopic (exact) mass is 397 g/mol. The molecular weight excluding hydrogens is 374 g/mol. The molecule has 9 heteroatoms. The summed E-state index contributed by atoms with van der Waals surface area (Å²) in [5.41, 5.74) is 3.59. The SMILES string of the molecule is COc1ccc(-c2coc(OCc3c(C)cccc3N(N)C(=O)N(C)N)n2)cc1. The standard InChI is InChI=1S/C20H23N5O4/c1-13-5-4-6-18(25(22)20(26)24(2)21)16(13)11-28-19-23-17(12-29-19)14-7-9-15(27-3)10-8-14/h4-10,12H,11,21-22H2,1-3H3. The van der Waals surface area contributed by atoms with E-state index >= 15 is 0 Å². The maximum absolute atomic E-state index is 12.1. The second kappa shape index (κ2) is 8.63. The van der Waals surface area contributed by atoms with Gasteiger partial charge in [-0.1, -0.05) is 12.1 Å². The predicted octanol–water partition coefficient (Wildman–Crippen LogP) is 2.84. The van der Waals surface area contributed by atoms with Crippen molar-refractivity contribution in [1.82, 2.24) is 9.99 Å². The molecule has 1 aromatic heterocycles. The highest BCUT2D eigenvalue weighted by atomic mass is 16.6. The Morgan fingerprint density at radius 1 is 1.17 bits per heavy atom. The van der Waals surface area contributed by atoms with Crippen LogP contribution in [0, 0.1) is 6.92 Å². The number of benzene rings is 2. The van der Waals surface area contributed by atoms with E-state index in [1.54, 1.807) is 19.2 Å². The topological polar surface area (TPSA) is 120 Å². The fourth-order valence-electron chi connectivity index (χ4n) is 2.73. The van der Waals surface area contributed by atoms with Gasteiger partial charge in [-0.3, -0.25) is 5.01 Å². The van der Waals surface area contributed by atoms with Gasteiger partial charge in [-0.05, 0) is 42.8 Å². The molecule has 0 unspecified atom stereocenters. The number of anilines is 1. The third-order valence-electron chi connectivity index (χ3n) is 4.36. The fraction of sp³-hybridized carbons (Fsp3) is 0.200. The molecule has 0 aliphatic heterocycles. The number of oxazole rings is 1. The number of nitrogens with two attached hydrogens (primary N) is 2. The van der Waals surface area contributed by atoms with Gasteiger partial charge >= 0.3 is 12.1 Å². The molecule has 9 nitrogen and oxygen atoms in total. The van der Waals surface area contributed by atoms with Crippen molar-refractivity contribution >= 4 is 11.7 Å². The molecule has 0 bridgehead atoms. The molecule has 0 saturated carbocycles. The zero-order valence-electron chi connectivity index (χ0n) is 16.5. The van der Waals surface area contributed by atoms with Crippen LogP contribution in [0.25, 0.3) is 11.3 Å². The lowest BCUT2D eigenvalue weighted by Gasteiger charge is -2.23. The highest BCUT2D eigenvalue weighted by Crippen LogP contribution is 2.27. The van der Waals surface area contributed by atoms with Crippen LogP contribution in [0.15, 0.2) is 53.1 Å². The smallest absolute Gasteiger partial charge is 0.394 e. The zero-order chi connectivity index (χ0) is 21.0. The number of hydrazine groups is 2. The number of urea groups is 1. The van der Waals surface area contributed by atoms with Crippen molar-refractivity contribution in [3.8, 4) is 23.1 Å². The van der Waals surface area contributed by atoms with Crippen molar-refractivity contribution in [3.05, 3.63) is 59.9 Å². The lowest BCUT2D eigenvalue weighted by Crippen LogP contribution is -2.49. The highest BCUT2D eigenvalue weighted by Gasteiger charge is 2.19. The van der Waals surface area contributed by atoms with Crippen LogP contribution in [0.5, 0.6) is 11.8 Å². The minimum absolute atomic E-state index is 0.107. The molecule has 3 aromatic rings. The van der Waals surface area contributed by atoms with Crippen molar-refractivity contribution in [2.45, 2.75) is 13.5 Å². The number of hydrogen-bond donors (Lipinski definition) is 2. The van der Waals surface area contributed by atoms with Crippen molar-refractivity contribution in [2.75, 3.05) is 19.2 Å². The van der Waals surface area contributed by atoms with E-state index in [-0.39, 0.29) is 12.7 Å². The van der Waals surface area contributed by atoms with E-state index < -0.39 is 6.03 Å². The van der Waals surface area contributed by atoms with Gasteiger partial charge in [-0.15, -0.1) is 0 Å². The lowest BCUT2D eigenvalue weighted by molar-refractivity contribution is 0.214. The number of carbonyl (C=O) groups is 1. The van der Waals surface area contributed by atoms with Crippen LogP contribution >= 0.6 is 0 Å². The first-order valence-electron chi connectivity index (χ1n) is 8.79. The summed E-state index contributed by atoms with van der Waals surface area (Å²) in [6.07, 6.45) is 1.62. The number of methoxy groups -OCH3 is 1. The molecule has 29 heavy (non-hydrogen) atoms. The third-order valence-corrected chi connectivity index (χ3v) is 4.36. The van der Waals surface area contributed by atoms with Gasteiger partial charge < -0.3 is 13.9 Å². The van der Waals surface area contributed by atoms with Crippen molar-refractivity contribution < 1.29 is 18.7 Å². The predicted molar refractivity (Wildman–Crippen MR) is 108 cm³/mol. The average Bonchev–Trinajstić information content (AvgIpc) is 3.20. The molecule has 0 atom stereocenters. The summed E-state index contributed by atoms with van der Waals surface area (Å²) in [7, 11) is 3.03. The first-order valence-corrected chi connectivity index (χ1v) is 8.79. The molecule has 2 amide bonds. The number of rotatable bonds is 6. The Morgan fingerprint density at radius 3 is 2.55 bits per heavy atom. The number of nitrogens with zero attached hydrogens (tertiary/aromatic N) is 3. The Labute approximate surface area is 168 Å². The summed E-state index contributed by atoms with van der Waals surface area (Å²) >= 11 is 0. The van der Waals surface area contributed by atoms with E-state index in [1.165, 1.54) is 13.3 Å². The Kier molecular flexibility index (Phi) is 6.01. The first-order chi connectivity index (χ1) is 13.9. The minimum Gasteiger partial charge on any atom is -0.497 e. The van der Waals surface area contributed by atoms with Crippen LogP contribution < -0.4 is 26.2 Å². The maximum Gasteiger partial charge on any atom is 0.394 e. The van der Waals surface area contributed by atoms with Crippen LogP contribution in [-0.2, 0) is 6.61 Å². The van der Waals surface area contributed by atoms with Gasteiger partial charge in [0.25, 0.3) is 0 Å². The normalized spacial score (nSPS) is 10.5. The highest BCUT2D eigenvalue weighted by molar-refractivity contribution is 5.91. The van der Waals surface area contributed by atoms with Gasteiger partial charge in [0, 0.05) is 18.2 Å². The van der Waals surface area contributed by atoms with Gasteiger partial charge in [0.05, 0.1) is 12.8 Å². The quantitative estimate of drug-likeness (QED) is 0.373. The molecule has 4 N–H and O–H groups in total. The Hall–Kier alpha value is -3.56. The van der Waals surface area contributed by atoms with Crippen molar-refractivity contribution in [2.24, 2.45) is 11.7 Å². The van der Waals surface area contributed by atoms with Crippen molar-refractivity contribution in [3.63, 3.8) is 0 Å². The molecule has 2 aromatic carbocycles. The summed E-state index contributed by atoms with van der Waals surface area (Å²) in [4.78, 5) is 16.5. The summed E-state index contributed by atoms with van der Waals surface area (Å²) in [6, 6.07) is 12.3. The molecule has 0 aliphatic carbocycles. The summed E-state index contributed by atoms with van der Waals surface area (Å²) in [5.74, 6) is 12.2. The van der Waals surface area contributed by atoms with E-state index in [0.717, 1.165) is 32.5 Å². The molecule has 0 saturated heterocycles. The van der Waals surface area contributed by atoms with Gasteiger partial charge in [0.2, 0.25) is 0 Å². The fourth-order valence-corrected chi connectivity index (χ4v) is 2.73. The average molecular weight is 397 g/mol. The lowest BCUT2D eigenvalue weighted by atomic mass is 10.1. The minimum atomic E-state index is -0.560. The van der Waals surface area contributed by atoms with Gasteiger partial charge in [-0.2, -0.15) is 4.98 Å². The first kappa shape index (κ1) is 20.2. The number of ether oxygens (including phenoxy) is 2. The molecular formula is C20H23N5O4. The number of hydrogen-bond acceptors (Lipinski definition) is 7. The van der Waals surface area contributed by atoms with E-state index in [2.05, 4.69) is 4.98 Å². The number of aryl methyl sites for hydroxylation is 1. The summed E-state index contributed by atoms with van der Waals surface area (Å²) in [6.45, 7) is 2.00. The van der Waals surface area contributed by atoms with E-state index in [9.17, 15) is 4.79 Å². The molecule has 0 radical (unpaired) electrons. The zero-order valence-corrected chi connectivity index (χ0v) is 16.5. The Bertz CT molecular complexity index is 985. The number of aromatic nitrogens is 1. The van der Waals surface area contributed by atoms with Crippen LogP contribution in [0.3, 0.4) is 0 Å². The van der Waals surface area contributed by atoms with Gasteiger partial charge in [0.15, 0.2) is 0 Å². The second-order valence-corrected chi connectivity index (χ2v) is 6.35. The Morgan fingerprint density at radius 2 is 1.90 bits per heavy atom. The molecule has 0 spiro atoms. The van der Waals surface area contributed by atoms with Gasteiger partial charge in [0.1, 0.15) is 24.3 Å². The summed E-state index contributed by atoms with van der Waals surface area (Å²) < 4.78 is 16.3. The molecule has 0 fully saturated rings.